The lowest BCUT2D eigenvalue weighted by atomic mass is 10.1. The molecule has 0 aliphatic carbocycles. The largest absolute Gasteiger partial charge is 0.487 e. The molecule has 31 heavy (non-hydrogen) atoms. The molecule has 0 spiro atoms. The summed E-state index contributed by atoms with van der Waals surface area (Å²) in [6.45, 7) is 4.80. The number of hydrogen-bond donors (Lipinski definition) is 3. The van der Waals surface area contributed by atoms with Crippen molar-refractivity contribution in [2.75, 3.05) is 51.3 Å². The lowest BCUT2D eigenvalue weighted by Gasteiger charge is -2.37. The topological polar surface area (TPSA) is 138 Å². The van der Waals surface area contributed by atoms with Crippen molar-refractivity contribution in [2.45, 2.75) is 13.0 Å². The molecular weight excluding hydrogens is 411 g/mol. The molecule has 10 nitrogen and oxygen atoms in total. The summed E-state index contributed by atoms with van der Waals surface area (Å²) in [5, 5.41) is 17.0. The van der Waals surface area contributed by atoms with Crippen LogP contribution in [-0.2, 0) is 4.79 Å². The predicted molar refractivity (Wildman–Crippen MR) is 112 cm³/mol. The smallest absolute Gasteiger partial charge is 0.341 e. The molecule has 2 aliphatic heterocycles. The number of carboxylic acids is 2. The van der Waals surface area contributed by atoms with E-state index in [1.807, 2.05) is 18.9 Å². The van der Waals surface area contributed by atoms with Crippen LogP contribution in [0.15, 0.2) is 17.1 Å². The average Bonchev–Trinajstić information content (AvgIpc) is 2.73. The van der Waals surface area contributed by atoms with Gasteiger partial charge in [0.05, 0.1) is 23.5 Å². The van der Waals surface area contributed by atoms with E-state index in [0.29, 0.717) is 30.0 Å². The molecule has 0 bridgehead atoms. The highest BCUT2D eigenvalue weighted by Crippen LogP contribution is 2.42. The lowest BCUT2D eigenvalue weighted by Crippen LogP contribution is -2.45. The van der Waals surface area contributed by atoms with E-state index in [9.17, 15) is 23.9 Å². The Morgan fingerprint density at radius 2 is 1.87 bits per heavy atom. The van der Waals surface area contributed by atoms with Crippen molar-refractivity contribution >= 4 is 28.5 Å². The van der Waals surface area contributed by atoms with Crippen LogP contribution in [0.25, 0.3) is 10.9 Å². The number of rotatable bonds is 3. The molecule has 4 N–H and O–H groups in total. The van der Waals surface area contributed by atoms with Crippen LogP contribution in [0.2, 0.25) is 0 Å². The van der Waals surface area contributed by atoms with Crippen molar-refractivity contribution in [3.63, 3.8) is 0 Å². The van der Waals surface area contributed by atoms with E-state index in [4.69, 9.17) is 9.84 Å². The first kappa shape index (κ1) is 22.5. The van der Waals surface area contributed by atoms with Crippen LogP contribution in [0.1, 0.15) is 23.3 Å². The number of piperazine rings is 1. The van der Waals surface area contributed by atoms with Gasteiger partial charge in [-0.05, 0) is 20.0 Å². The first-order valence-electron chi connectivity index (χ1n) is 9.78. The standard InChI is InChI=1S/C18H20FN3O4.C2H5NO2/c1-10-9-26-17-14-11(16(23)12(18(24)25)8-22(10)14)7-13(19)15(17)21-5-3-20(2)4-6-21;3-1-2(4)5/h7-8,10H,3-6,9H2,1-2H3,(H,24,25);1,3H2,(H,4,5)/t10-;/m0./s1. The molecule has 1 saturated heterocycles. The van der Waals surface area contributed by atoms with Gasteiger partial charge in [0, 0.05) is 32.4 Å². The Morgan fingerprint density at radius 3 is 2.42 bits per heavy atom. The number of pyridine rings is 1. The molecule has 1 aromatic heterocycles. The molecule has 0 amide bonds. The summed E-state index contributed by atoms with van der Waals surface area (Å²) in [5.41, 5.74) is 4.35. The number of aromatic nitrogens is 1. The number of ether oxygens (including phenoxy) is 1. The number of aliphatic carboxylic acids is 1. The van der Waals surface area contributed by atoms with E-state index >= 15 is 0 Å². The van der Waals surface area contributed by atoms with Crippen molar-refractivity contribution in [1.29, 1.82) is 0 Å². The number of anilines is 1. The fourth-order valence-electron chi connectivity index (χ4n) is 3.69. The van der Waals surface area contributed by atoms with E-state index in [1.54, 1.807) is 4.57 Å². The predicted octanol–water partition coefficient (Wildman–Crippen LogP) is 0.574. The molecule has 168 valence electrons. The van der Waals surface area contributed by atoms with Crippen LogP contribution in [0.4, 0.5) is 10.1 Å². The normalized spacial score (nSPS) is 18.2. The summed E-state index contributed by atoms with van der Waals surface area (Å²) in [6, 6.07) is 0.994. The Balaban J connectivity index is 0.000000491. The van der Waals surface area contributed by atoms with Gasteiger partial charge in [0.1, 0.15) is 17.9 Å². The number of benzene rings is 1. The van der Waals surface area contributed by atoms with Gasteiger partial charge in [-0.15, -0.1) is 0 Å². The second-order valence-electron chi connectivity index (χ2n) is 7.56. The summed E-state index contributed by atoms with van der Waals surface area (Å²) >= 11 is 0. The fraction of sp³-hybridized carbons (Fsp3) is 0.450. The zero-order valence-electron chi connectivity index (χ0n) is 17.3. The van der Waals surface area contributed by atoms with Gasteiger partial charge in [0.15, 0.2) is 11.6 Å². The summed E-state index contributed by atoms with van der Waals surface area (Å²) < 4.78 is 22.6. The highest BCUT2D eigenvalue weighted by Gasteiger charge is 2.30. The molecule has 1 aromatic carbocycles. The van der Waals surface area contributed by atoms with Gasteiger partial charge >= 0.3 is 11.9 Å². The minimum absolute atomic E-state index is 0.0434. The Bertz CT molecular complexity index is 1080. The lowest BCUT2D eigenvalue weighted by molar-refractivity contribution is -0.135. The van der Waals surface area contributed by atoms with Crippen LogP contribution >= 0.6 is 0 Å². The van der Waals surface area contributed by atoms with Gasteiger partial charge in [-0.1, -0.05) is 0 Å². The third-order valence-corrected chi connectivity index (χ3v) is 5.37. The maximum absolute atomic E-state index is 15.0. The first-order valence-corrected chi connectivity index (χ1v) is 9.78. The zero-order valence-corrected chi connectivity index (χ0v) is 17.3. The van der Waals surface area contributed by atoms with Crippen LogP contribution in [0.3, 0.4) is 0 Å². The van der Waals surface area contributed by atoms with Crippen LogP contribution < -0.4 is 20.8 Å². The summed E-state index contributed by atoms with van der Waals surface area (Å²) in [7, 11) is 2.02. The van der Waals surface area contributed by atoms with E-state index < -0.39 is 23.2 Å². The maximum atomic E-state index is 15.0. The first-order chi connectivity index (χ1) is 14.6. The van der Waals surface area contributed by atoms with E-state index in [1.165, 1.54) is 6.20 Å². The third-order valence-electron chi connectivity index (χ3n) is 5.37. The Hall–Kier alpha value is -3.18. The quantitative estimate of drug-likeness (QED) is 0.630. The minimum Gasteiger partial charge on any atom is -0.487 e. The van der Waals surface area contributed by atoms with Gasteiger partial charge in [-0.2, -0.15) is 0 Å². The van der Waals surface area contributed by atoms with Crippen molar-refractivity contribution in [1.82, 2.24) is 9.47 Å². The van der Waals surface area contributed by atoms with Crippen molar-refractivity contribution < 1.29 is 28.9 Å². The van der Waals surface area contributed by atoms with Crippen molar-refractivity contribution in [3.05, 3.63) is 33.9 Å². The SMILES string of the molecule is C[C@H]1COc2c(N3CCN(C)CC3)c(F)cc3c(=O)c(C(=O)O)cn1c23.NCC(=O)O. The number of halogens is 1. The molecule has 1 fully saturated rings. The van der Waals surface area contributed by atoms with Gasteiger partial charge in [-0.3, -0.25) is 9.59 Å². The maximum Gasteiger partial charge on any atom is 0.341 e. The van der Waals surface area contributed by atoms with Gasteiger partial charge in [-0.25, -0.2) is 9.18 Å². The fourth-order valence-corrected chi connectivity index (χ4v) is 3.69. The Labute approximate surface area is 177 Å². The minimum atomic E-state index is -1.32. The number of nitrogens with zero attached hydrogens (tertiary/aromatic N) is 3. The van der Waals surface area contributed by atoms with Crippen molar-refractivity contribution in [3.8, 4) is 5.75 Å². The molecule has 0 radical (unpaired) electrons. The molecule has 3 heterocycles. The summed E-state index contributed by atoms with van der Waals surface area (Å²) in [6.07, 6.45) is 1.34. The van der Waals surface area contributed by atoms with Gasteiger partial charge in [0.25, 0.3) is 0 Å². The van der Waals surface area contributed by atoms with Gasteiger partial charge < -0.3 is 35.1 Å². The molecule has 0 unspecified atom stereocenters. The number of nitrogens with two attached hydrogens (primary N) is 1. The van der Waals surface area contributed by atoms with Crippen LogP contribution in [0.5, 0.6) is 5.75 Å². The summed E-state index contributed by atoms with van der Waals surface area (Å²) in [4.78, 5) is 37.3. The second-order valence-corrected chi connectivity index (χ2v) is 7.56. The number of aromatic carboxylic acids is 1. The highest BCUT2D eigenvalue weighted by molar-refractivity contribution is 5.97. The molecule has 11 heteroatoms. The second kappa shape index (κ2) is 8.90. The molecule has 1 atom stereocenters. The Kier molecular flexibility index (Phi) is 6.46. The zero-order chi connectivity index (χ0) is 22.9. The number of hydrogen-bond acceptors (Lipinski definition) is 7. The molecule has 2 aromatic rings. The Morgan fingerprint density at radius 1 is 1.26 bits per heavy atom. The van der Waals surface area contributed by atoms with Gasteiger partial charge in [0.2, 0.25) is 5.43 Å². The van der Waals surface area contributed by atoms with Crippen molar-refractivity contribution in [2.24, 2.45) is 5.73 Å². The van der Waals surface area contributed by atoms with E-state index in [-0.39, 0.29) is 30.1 Å². The average molecular weight is 436 g/mol. The highest BCUT2D eigenvalue weighted by atomic mass is 19.1. The monoisotopic (exact) mass is 436 g/mol. The third kappa shape index (κ3) is 4.32. The van der Waals surface area contributed by atoms with E-state index in [0.717, 1.165) is 19.2 Å². The van der Waals surface area contributed by atoms with E-state index in [2.05, 4.69) is 10.6 Å². The number of likely N-dealkylation sites (N-methyl/N-ethyl adjacent to an activating group) is 1. The van der Waals surface area contributed by atoms with Crippen LogP contribution in [0, 0.1) is 5.82 Å². The molecule has 2 aliphatic rings. The summed E-state index contributed by atoms with van der Waals surface area (Å²) in [5.74, 6) is -2.51. The van der Waals surface area contributed by atoms with Crippen LogP contribution in [-0.4, -0.2) is 78.0 Å². The number of carbonyl (C=O) groups is 2. The molecular formula is C20H25FN4O6. The molecule has 4 rings (SSSR count). The molecule has 0 saturated carbocycles. The number of carboxylic acid groups (broad SMARTS) is 2.